The van der Waals surface area contributed by atoms with E-state index in [1.54, 1.807) is 0 Å². The number of benzene rings is 5. The number of imidazole rings is 1. The fourth-order valence-electron chi connectivity index (χ4n) is 6.70. The quantitative estimate of drug-likeness (QED) is 0.153. The largest absolute Gasteiger partial charge is 0.500 e. The molecular weight excluding hydrogens is 720 g/mol. The van der Waals surface area contributed by atoms with E-state index in [-0.39, 0.29) is 27.9 Å². The number of hydrogen-bond acceptors (Lipinski definition) is 4. The molecule has 0 fully saturated rings. The first-order valence-corrected chi connectivity index (χ1v) is 14.5. The Morgan fingerprint density at radius 3 is 2.00 bits per heavy atom. The van der Waals surface area contributed by atoms with Gasteiger partial charge < -0.3 is 19.2 Å². The van der Waals surface area contributed by atoms with Crippen LogP contribution in [0.3, 0.4) is 0 Å². The fourth-order valence-corrected chi connectivity index (χ4v) is 6.70. The molecule has 4 heterocycles. The minimum absolute atomic E-state index is 0. The molecule has 44 heavy (non-hydrogen) atoms. The number of hydrogen-bond donors (Lipinski definition) is 0. The zero-order valence-electron chi connectivity index (χ0n) is 23.8. The molecule has 3 aliphatic rings. The molecule has 214 valence electrons. The van der Waals surface area contributed by atoms with Crippen molar-refractivity contribution in [3.05, 3.63) is 147 Å². The minimum Gasteiger partial charge on any atom is -0.500 e. The van der Waals surface area contributed by atoms with E-state index in [4.69, 9.17) is 0 Å². The van der Waals surface area contributed by atoms with Gasteiger partial charge in [0.1, 0.15) is 0 Å². The Balaban J connectivity index is 0.00000289. The summed E-state index contributed by atoms with van der Waals surface area (Å²) in [5, 5.41) is 0. The van der Waals surface area contributed by atoms with Gasteiger partial charge in [0, 0.05) is 46.2 Å². The van der Waals surface area contributed by atoms with Crippen molar-refractivity contribution in [3.63, 3.8) is 0 Å². The maximum atomic E-state index is 4.64. The molecule has 0 atom stereocenters. The zero-order valence-corrected chi connectivity index (χ0v) is 26.1. The Labute approximate surface area is 272 Å². The van der Waals surface area contributed by atoms with E-state index in [2.05, 4.69) is 148 Å². The Bertz CT molecular complexity index is 2070. The van der Waals surface area contributed by atoms with Crippen LogP contribution in [0, 0.1) is 18.8 Å². The summed E-state index contributed by atoms with van der Waals surface area (Å²) in [6, 6.07) is 44.4. The van der Waals surface area contributed by atoms with Crippen LogP contribution in [0.25, 0.3) is 33.6 Å². The van der Waals surface area contributed by atoms with Crippen LogP contribution in [-0.2, 0) is 28.1 Å². The molecule has 6 aromatic rings. The van der Waals surface area contributed by atoms with Gasteiger partial charge in [-0.05, 0) is 24.5 Å². The van der Waals surface area contributed by atoms with Crippen molar-refractivity contribution in [2.45, 2.75) is 0 Å². The van der Waals surface area contributed by atoms with Crippen LogP contribution in [0.4, 0.5) is 22.7 Å². The molecule has 0 saturated carbocycles. The second-order valence-corrected chi connectivity index (χ2v) is 11.1. The molecule has 0 saturated heterocycles. The van der Waals surface area contributed by atoms with Crippen molar-refractivity contribution in [1.29, 1.82) is 0 Å². The zero-order chi connectivity index (χ0) is 28.5. The fraction of sp³-hybridized carbons (Fsp3) is 0.0270. The molecule has 3 aliphatic heterocycles. The van der Waals surface area contributed by atoms with E-state index in [0.29, 0.717) is 0 Å². The van der Waals surface area contributed by atoms with E-state index in [0.717, 1.165) is 39.7 Å². The van der Waals surface area contributed by atoms with Gasteiger partial charge in [0.05, 0.1) is 5.82 Å². The van der Waals surface area contributed by atoms with Crippen molar-refractivity contribution in [1.82, 2.24) is 9.55 Å². The van der Waals surface area contributed by atoms with Crippen LogP contribution in [0.5, 0.6) is 0 Å². The summed E-state index contributed by atoms with van der Waals surface area (Å²) >= 11 is 0. The van der Waals surface area contributed by atoms with Gasteiger partial charge in [-0.3, -0.25) is 4.98 Å². The maximum absolute atomic E-state index is 4.64. The number of anilines is 4. The molecule has 0 aliphatic carbocycles. The predicted molar refractivity (Wildman–Crippen MR) is 176 cm³/mol. The number of aryl methyl sites for hydroxylation is 1. The molecule has 7 heteroatoms. The summed E-state index contributed by atoms with van der Waals surface area (Å²) in [5.74, 6) is 0.895. The van der Waals surface area contributed by atoms with Crippen molar-refractivity contribution < 1.29 is 21.1 Å². The van der Waals surface area contributed by atoms with Crippen LogP contribution < -0.4 is 25.5 Å². The standard InChI is InChI=1S/C37H25BN5.Pt/c1-40-20-19-39-37(40)26-15-17-31-29-11-5-7-13-33(29)38-34-14-8-6-12-30(34)32-18-16-28(24-36(32)43(38)35(31)23-26)42-22-21-41(25-42)27-9-3-2-4-10-27;/h2-22,25H,1H3;/q-3;. The monoisotopic (exact) mass is 745 g/mol. The summed E-state index contributed by atoms with van der Waals surface area (Å²) in [6.45, 7) is 2.10. The summed E-state index contributed by atoms with van der Waals surface area (Å²) in [6.07, 6.45) is 7.99. The second kappa shape index (κ2) is 10.4. The third-order valence-corrected chi connectivity index (χ3v) is 8.70. The molecule has 0 bridgehead atoms. The number of fused-ring (bicyclic) bond motifs is 11. The van der Waals surface area contributed by atoms with E-state index < -0.39 is 0 Å². The average molecular weight is 746 g/mol. The Morgan fingerprint density at radius 1 is 0.659 bits per heavy atom. The van der Waals surface area contributed by atoms with Gasteiger partial charge in [-0.2, -0.15) is 6.07 Å². The minimum atomic E-state index is -0.00862. The normalized spacial score (nSPS) is 13.9. The average Bonchev–Trinajstić information content (AvgIpc) is 3.74. The van der Waals surface area contributed by atoms with Crippen molar-refractivity contribution >= 4 is 40.5 Å². The van der Waals surface area contributed by atoms with Crippen molar-refractivity contribution in [2.24, 2.45) is 7.05 Å². The number of rotatable bonds is 3. The van der Waals surface area contributed by atoms with Crippen LogP contribution in [0.1, 0.15) is 0 Å². The Hall–Kier alpha value is -4.80. The first kappa shape index (κ1) is 26.8. The first-order chi connectivity index (χ1) is 21.2. The van der Waals surface area contributed by atoms with Crippen LogP contribution in [0.2, 0.25) is 0 Å². The number of nitrogens with zero attached hydrogens (tertiary/aromatic N) is 5. The number of aromatic nitrogens is 2. The SMILES string of the molecule is Cn1ccnc1-c1[c-]c2c(cc1)-c1ccccc1B1c3ccccc3-c3ccc(N4C=CN(c5ccccc5)[CH-]4)[c-]c3N12.[Pt]. The molecule has 0 amide bonds. The summed E-state index contributed by atoms with van der Waals surface area (Å²) in [4.78, 5) is 11.4. The van der Waals surface area contributed by atoms with Crippen LogP contribution in [0.15, 0.2) is 128 Å². The van der Waals surface area contributed by atoms with Gasteiger partial charge >= 0.3 is 6.85 Å². The maximum Gasteiger partial charge on any atom is 0.324 e. The van der Waals surface area contributed by atoms with Crippen molar-refractivity contribution in [2.75, 3.05) is 14.6 Å². The molecule has 0 N–H and O–H groups in total. The smallest absolute Gasteiger partial charge is 0.324 e. The van der Waals surface area contributed by atoms with Gasteiger partial charge in [-0.15, -0.1) is 53.8 Å². The molecule has 9 rings (SSSR count). The first-order valence-electron chi connectivity index (χ1n) is 14.5. The molecule has 1 aromatic heterocycles. The van der Waals surface area contributed by atoms with Crippen LogP contribution in [-0.4, -0.2) is 16.4 Å². The molecule has 0 unspecified atom stereocenters. The van der Waals surface area contributed by atoms with Crippen molar-refractivity contribution in [3.8, 4) is 33.6 Å². The van der Waals surface area contributed by atoms with Gasteiger partial charge in [-0.25, -0.2) is 0 Å². The summed E-state index contributed by atoms with van der Waals surface area (Å²) < 4.78 is 2.05. The van der Waals surface area contributed by atoms with E-state index in [9.17, 15) is 0 Å². The second-order valence-electron chi connectivity index (χ2n) is 11.1. The molecule has 5 aromatic carbocycles. The molecule has 0 spiro atoms. The van der Waals surface area contributed by atoms with E-state index >= 15 is 0 Å². The van der Waals surface area contributed by atoms with E-state index in [1.165, 1.54) is 27.6 Å². The molecule has 0 radical (unpaired) electrons. The van der Waals surface area contributed by atoms with Gasteiger partial charge in [0.25, 0.3) is 0 Å². The van der Waals surface area contributed by atoms with Gasteiger partial charge in [-0.1, -0.05) is 106 Å². The summed E-state index contributed by atoms with van der Waals surface area (Å²) in [5.41, 5.74) is 12.5. The molecule has 5 nitrogen and oxygen atoms in total. The third-order valence-electron chi connectivity index (χ3n) is 8.70. The van der Waals surface area contributed by atoms with Crippen LogP contribution >= 0.6 is 0 Å². The topological polar surface area (TPSA) is 27.5 Å². The predicted octanol–water partition coefficient (Wildman–Crippen LogP) is 6.51. The molecular formula is C37H25BN5Pt-3. The number of para-hydroxylation sites is 1. The van der Waals surface area contributed by atoms with Gasteiger partial charge in [0.15, 0.2) is 0 Å². The Kier molecular flexibility index (Phi) is 6.35. The Morgan fingerprint density at radius 2 is 1.30 bits per heavy atom. The van der Waals surface area contributed by atoms with Gasteiger partial charge in [0.2, 0.25) is 0 Å². The van der Waals surface area contributed by atoms with E-state index in [1.807, 2.05) is 30.1 Å². The third kappa shape index (κ3) is 4.02. The summed E-state index contributed by atoms with van der Waals surface area (Å²) in [7, 11) is 2.03.